The van der Waals surface area contributed by atoms with Crippen molar-refractivity contribution in [3.8, 4) is 0 Å². The summed E-state index contributed by atoms with van der Waals surface area (Å²) in [5.41, 5.74) is 0. The van der Waals surface area contributed by atoms with E-state index in [1.54, 1.807) is 0 Å². The number of rotatable bonds is 8. The smallest absolute Gasteiger partial charge is 0.0110 e. The fraction of sp³-hybridized carbons (Fsp3) is 1.00. The highest BCUT2D eigenvalue weighted by molar-refractivity contribution is 4.88. The van der Waals surface area contributed by atoms with Crippen molar-refractivity contribution < 1.29 is 0 Å². The molecular formula is C17H37N3. The van der Waals surface area contributed by atoms with Gasteiger partial charge in [0.1, 0.15) is 0 Å². The van der Waals surface area contributed by atoms with Crippen molar-refractivity contribution in [2.24, 2.45) is 17.8 Å². The summed E-state index contributed by atoms with van der Waals surface area (Å²) in [6.07, 6.45) is 4.00. The highest BCUT2D eigenvalue weighted by Gasteiger charge is 2.33. The van der Waals surface area contributed by atoms with E-state index in [4.69, 9.17) is 0 Å². The van der Waals surface area contributed by atoms with E-state index in [0.29, 0.717) is 6.04 Å². The van der Waals surface area contributed by atoms with Gasteiger partial charge < -0.3 is 15.1 Å². The van der Waals surface area contributed by atoms with Crippen LogP contribution in [0.5, 0.6) is 0 Å². The van der Waals surface area contributed by atoms with Crippen LogP contribution in [-0.4, -0.2) is 63.2 Å². The molecule has 0 spiro atoms. The highest BCUT2D eigenvalue weighted by atomic mass is 15.2. The zero-order valence-corrected chi connectivity index (χ0v) is 14.7. The van der Waals surface area contributed by atoms with Crippen LogP contribution in [-0.2, 0) is 0 Å². The summed E-state index contributed by atoms with van der Waals surface area (Å²) in [5.74, 6) is 2.53. The van der Waals surface area contributed by atoms with Gasteiger partial charge in [-0.15, -0.1) is 0 Å². The molecule has 1 aliphatic rings. The van der Waals surface area contributed by atoms with Crippen LogP contribution in [0.1, 0.15) is 40.0 Å². The molecule has 0 amide bonds. The van der Waals surface area contributed by atoms with Crippen LogP contribution in [0.3, 0.4) is 0 Å². The summed E-state index contributed by atoms with van der Waals surface area (Å²) in [6.45, 7) is 12.0. The number of nitrogens with one attached hydrogen (secondary N) is 1. The summed E-state index contributed by atoms with van der Waals surface area (Å²) in [7, 11) is 6.49. The average molecular weight is 284 g/mol. The van der Waals surface area contributed by atoms with Gasteiger partial charge in [0.05, 0.1) is 0 Å². The molecule has 0 bridgehead atoms. The van der Waals surface area contributed by atoms with E-state index >= 15 is 0 Å². The van der Waals surface area contributed by atoms with Crippen molar-refractivity contribution in [3.05, 3.63) is 0 Å². The first-order chi connectivity index (χ1) is 9.47. The molecule has 20 heavy (non-hydrogen) atoms. The summed E-state index contributed by atoms with van der Waals surface area (Å²) in [5, 5.41) is 3.59. The number of hydrogen-bond donors (Lipinski definition) is 1. The van der Waals surface area contributed by atoms with Gasteiger partial charge in [-0.05, 0) is 64.7 Å². The van der Waals surface area contributed by atoms with Crippen LogP contribution < -0.4 is 5.32 Å². The molecule has 1 aliphatic carbocycles. The Morgan fingerprint density at radius 2 is 1.75 bits per heavy atom. The standard InChI is InChI=1S/C17H37N3/c1-7-8-20(10-9-19(5)6)13-16-15(3)11-14(2)12-17(16)18-4/h14-18H,7-13H2,1-6H3. The Labute approximate surface area is 127 Å². The second-order valence-corrected chi connectivity index (χ2v) is 7.22. The van der Waals surface area contributed by atoms with Gasteiger partial charge in [0.15, 0.2) is 0 Å². The summed E-state index contributed by atoms with van der Waals surface area (Å²) >= 11 is 0. The zero-order chi connectivity index (χ0) is 15.1. The first-order valence-corrected chi connectivity index (χ1v) is 8.52. The second-order valence-electron chi connectivity index (χ2n) is 7.22. The van der Waals surface area contributed by atoms with Gasteiger partial charge in [-0.3, -0.25) is 0 Å². The van der Waals surface area contributed by atoms with E-state index in [9.17, 15) is 0 Å². The van der Waals surface area contributed by atoms with Crippen LogP contribution >= 0.6 is 0 Å². The Morgan fingerprint density at radius 3 is 2.30 bits per heavy atom. The number of nitrogens with zero attached hydrogens (tertiary/aromatic N) is 2. The van der Waals surface area contributed by atoms with Crippen molar-refractivity contribution in [1.82, 2.24) is 15.1 Å². The first kappa shape index (κ1) is 17.9. The van der Waals surface area contributed by atoms with Gasteiger partial charge in [0.2, 0.25) is 0 Å². The van der Waals surface area contributed by atoms with E-state index in [2.05, 4.69) is 57.0 Å². The Bertz CT molecular complexity index is 255. The number of likely N-dealkylation sites (N-methyl/N-ethyl adjacent to an activating group) is 1. The van der Waals surface area contributed by atoms with E-state index in [1.165, 1.54) is 45.4 Å². The molecule has 3 heteroatoms. The molecule has 0 aromatic heterocycles. The molecular weight excluding hydrogens is 246 g/mol. The van der Waals surface area contributed by atoms with Crippen molar-refractivity contribution in [3.63, 3.8) is 0 Å². The molecule has 1 fully saturated rings. The van der Waals surface area contributed by atoms with Crippen molar-refractivity contribution in [1.29, 1.82) is 0 Å². The molecule has 1 rings (SSSR count). The maximum Gasteiger partial charge on any atom is 0.0110 e. The zero-order valence-electron chi connectivity index (χ0n) is 14.7. The average Bonchev–Trinajstić information content (AvgIpc) is 2.38. The van der Waals surface area contributed by atoms with Crippen LogP contribution in [0, 0.1) is 17.8 Å². The summed E-state index contributed by atoms with van der Waals surface area (Å²) in [6, 6.07) is 0.701. The first-order valence-electron chi connectivity index (χ1n) is 8.52. The fourth-order valence-corrected chi connectivity index (χ4v) is 3.80. The third-order valence-electron chi connectivity index (χ3n) is 4.92. The predicted octanol–water partition coefficient (Wildman–Crippen LogP) is 2.53. The Balaban J connectivity index is 2.59. The minimum atomic E-state index is 0.701. The maximum atomic E-state index is 3.59. The SMILES string of the molecule is CCCN(CCN(C)C)CC1C(C)CC(C)CC1NC. The molecule has 1 saturated carbocycles. The van der Waals surface area contributed by atoms with Gasteiger partial charge in [0, 0.05) is 25.7 Å². The topological polar surface area (TPSA) is 18.5 Å². The lowest BCUT2D eigenvalue weighted by atomic mass is 9.72. The quantitative estimate of drug-likeness (QED) is 0.738. The van der Waals surface area contributed by atoms with E-state index < -0.39 is 0 Å². The van der Waals surface area contributed by atoms with Gasteiger partial charge in [-0.2, -0.15) is 0 Å². The second kappa shape index (κ2) is 9.01. The lowest BCUT2D eigenvalue weighted by molar-refractivity contribution is 0.101. The molecule has 4 unspecified atom stereocenters. The summed E-state index contributed by atoms with van der Waals surface area (Å²) < 4.78 is 0. The predicted molar refractivity (Wildman–Crippen MR) is 89.2 cm³/mol. The highest BCUT2D eigenvalue weighted by Crippen LogP contribution is 2.34. The molecule has 120 valence electrons. The molecule has 0 radical (unpaired) electrons. The third kappa shape index (κ3) is 5.71. The molecule has 0 aliphatic heterocycles. The minimum absolute atomic E-state index is 0.701. The van der Waals surface area contributed by atoms with Crippen molar-refractivity contribution >= 4 is 0 Å². The Kier molecular flexibility index (Phi) is 8.08. The third-order valence-corrected chi connectivity index (χ3v) is 4.92. The van der Waals surface area contributed by atoms with Crippen molar-refractivity contribution in [2.45, 2.75) is 46.1 Å². The minimum Gasteiger partial charge on any atom is -0.317 e. The molecule has 1 N–H and O–H groups in total. The Morgan fingerprint density at radius 1 is 1.05 bits per heavy atom. The lowest BCUT2D eigenvalue weighted by Crippen LogP contribution is -2.49. The van der Waals surface area contributed by atoms with Gasteiger partial charge in [-0.25, -0.2) is 0 Å². The largest absolute Gasteiger partial charge is 0.317 e. The van der Waals surface area contributed by atoms with Crippen LogP contribution in [0.15, 0.2) is 0 Å². The van der Waals surface area contributed by atoms with Crippen LogP contribution in [0.25, 0.3) is 0 Å². The summed E-state index contributed by atoms with van der Waals surface area (Å²) in [4.78, 5) is 4.98. The molecule has 4 atom stereocenters. The Hall–Kier alpha value is -0.120. The molecule has 0 heterocycles. The number of hydrogen-bond acceptors (Lipinski definition) is 3. The van der Waals surface area contributed by atoms with Crippen LogP contribution in [0.4, 0.5) is 0 Å². The van der Waals surface area contributed by atoms with Gasteiger partial charge in [0.25, 0.3) is 0 Å². The van der Waals surface area contributed by atoms with Gasteiger partial charge >= 0.3 is 0 Å². The van der Waals surface area contributed by atoms with E-state index in [-0.39, 0.29) is 0 Å². The molecule has 3 nitrogen and oxygen atoms in total. The van der Waals surface area contributed by atoms with Gasteiger partial charge in [-0.1, -0.05) is 20.8 Å². The van der Waals surface area contributed by atoms with E-state index in [0.717, 1.165) is 17.8 Å². The fourth-order valence-electron chi connectivity index (χ4n) is 3.80. The molecule has 0 aromatic rings. The maximum absolute atomic E-state index is 3.59. The molecule has 0 aromatic carbocycles. The van der Waals surface area contributed by atoms with Crippen LogP contribution in [0.2, 0.25) is 0 Å². The monoisotopic (exact) mass is 283 g/mol. The molecule has 0 saturated heterocycles. The lowest BCUT2D eigenvalue weighted by Gasteiger charge is -2.42. The van der Waals surface area contributed by atoms with E-state index in [1.807, 2.05) is 0 Å². The van der Waals surface area contributed by atoms with Crippen molar-refractivity contribution in [2.75, 3.05) is 47.3 Å². The normalized spacial score (nSPS) is 31.2.